The average Bonchev–Trinajstić information content (AvgIpc) is 2.61. The average molecular weight is 316 g/mol. The van der Waals surface area contributed by atoms with Crippen molar-refractivity contribution in [1.82, 2.24) is 4.90 Å². The van der Waals surface area contributed by atoms with Crippen molar-refractivity contribution in [3.8, 4) is 0 Å². The summed E-state index contributed by atoms with van der Waals surface area (Å²) in [6, 6.07) is 4.02. The number of thioether (sulfide) groups is 1. The molecule has 0 bridgehead atoms. The van der Waals surface area contributed by atoms with Gasteiger partial charge in [0.2, 0.25) is 0 Å². The van der Waals surface area contributed by atoms with Gasteiger partial charge in [0.05, 0.1) is 9.93 Å². The normalized spacial score (nSPS) is 17.1. The zero-order valence-corrected chi connectivity index (χ0v) is 11.4. The Hall–Kier alpha value is -1.86. The van der Waals surface area contributed by atoms with Crippen LogP contribution < -0.4 is 0 Å². The fraction of sp³-hybridized carbons (Fsp3) is 0.0833. The molecule has 0 aromatic heterocycles. The van der Waals surface area contributed by atoms with Crippen molar-refractivity contribution in [2.75, 3.05) is 6.54 Å². The Bertz CT molecular complexity index is 626. The van der Waals surface area contributed by atoms with Crippen molar-refractivity contribution >= 4 is 46.6 Å². The van der Waals surface area contributed by atoms with Gasteiger partial charge in [-0.1, -0.05) is 17.7 Å². The largest absolute Gasteiger partial charge is 0.480 e. The zero-order valence-electron chi connectivity index (χ0n) is 9.80. The van der Waals surface area contributed by atoms with Crippen LogP contribution in [-0.2, 0) is 9.59 Å². The van der Waals surface area contributed by atoms with E-state index in [9.17, 15) is 18.8 Å². The van der Waals surface area contributed by atoms with E-state index in [-0.39, 0.29) is 15.5 Å². The molecule has 2 amide bonds. The molecule has 1 aromatic rings. The number of carboxylic acid groups (broad SMARTS) is 1. The second-order valence-corrected chi connectivity index (χ2v) is 5.20. The summed E-state index contributed by atoms with van der Waals surface area (Å²) in [5.74, 6) is -2.72. The van der Waals surface area contributed by atoms with Crippen LogP contribution in [0.25, 0.3) is 6.08 Å². The van der Waals surface area contributed by atoms with Crippen LogP contribution in [0.1, 0.15) is 5.56 Å². The number of carbonyl (C=O) groups excluding carboxylic acids is 2. The lowest BCUT2D eigenvalue weighted by molar-refractivity contribution is -0.140. The van der Waals surface area contributed by atoms with Crippen molar-refractivity contribution < 1.29 is 23.9 Å². The van der Waals surface area contributed by atoms with E-state index in [1.54, 1.807) is 0 Å². The van der Waals surface area contributed by atoms with Crippen LogP contribution in [0.15, 0.2) is 23.1 Å². The molecule has 0 unspecified atom stereocenters. The molecule has 104 valence electrons. The Kier molecular flexibility index (Phi) is 4.10. The molecule has 20 heavy (non-hydrogen) atoms. The number of benzene rings is 1. The number of carbonyl (C=O) groups is 3. The molecule has 0 radical (unpaired) electrons. The highest BCUT2D eigenvalue weighted by molar-refractivity contribution is 8.18. The summed E-state index contributed by atoms with van der Waals surface area (Å²) < 4.78 is 13.6. The number of aliphatic carboxylic acids is 1. The molecule has 1 aliphatic heterocycles. The van der Waals surface area contributed by atoms with Gasteiger partial charge in [-0.15, -0.1) is 0 Å². The molecule has 0 saturated carbocycles. The highest BCUT2D eigenvalue weighted by atomic mass is 35.5. The Morgan fingerprint density at radius 3 is 2.75 bits per heavy atom. The van der Waals surface area contributed by atoms with E-state index in [4.69, 9.17) is 16.7 Å². The highest BCUT2D eigenvalue weighted by Crippen LogP contribution is 2.33. The number of amides is 2. The van der Waals surface area contributed by atoms with Crippen LogP contribution >= 0.6 is 23.4 Å². The zero-order chi connectivity index (χ0) is 14.9. The first kappa shape index (κ1) is 14.5. The molecular weight excluding hydrogens is 309 g/mol. The molecule has 1 aliphatic rings. The molecule has 1 aromatic carbocycles. The van der Waals surface area contributed by atoms with Gasteiger partial charge >= 0.3 is 5.97 Å². The van der Waals surface area contributed by atoms with Gasteiger partial charge in [0.1, 0.15) is 12.4 Å². The molecule has 8 heteroatoms. The number of hydrogen-bond acceptors (Lipinski definition) is 4. The van der Waals surface area contributed by atoms with E-state index in [2.05, 4.69) is 0 Å². The summed E-state index contributed by atoms with van der Waals surface area (Å²) in [5.41, 5.74) is -0.0185. The number of imide groups is 1. The van der Waals surface area contributed by atoms with Gasteiger partial charge in [0.25, 0.3) is 11.1 Å². The maximum atomic E-state index is 13.6. The van der Waals surface area contributed by atoms with E-state index in [0.717, 1.165) is 6.08 Å². The fourth-order valence-electron chi connectivity index (χ4n) is 1.55. The van der Waals surface area contributed by atoms with Gasteiger partial charge in [-0.3, -0.25) is 19.3 Å². The third-order valence-corrected chi connectivity index (χ3v) is 3.68. The molecule has 1 heterocycles. The molecular formula is C12H7ClFNO4S. The van der Waals surface area contributed by atoms with E-state index in [1.165, 1.54) is 18.2 Å². The minimum absolute atomic E-state index is 0.0185. The Balaban J connectivity index is 2.35. The van der Waals surface area contributed by atoms with Crippen molar-refractivity contribution in [3.05, 3.63) is 39.5 Å². The van der Waals surface area contributed by atoms with Gasteiger partial charge in [-0.25, -0.2) is 4.39 Å². The lowest BCUT2D eigenvalue weighted by atomic mass is 10.2. The number of rotatable bonds is 3. The standard InChI is InChI=1S/C12H7ClFNO4S/c13-7-2-1-3-8(14)6(7)4-9-11(18)15(5-10(16)17)12(19)20-9/h1-4H,5H2,(H,16,17)/b9-4+. The predicted octanol–water partition coefficient (Wildman–Crippen LogP) is 2.60. The quantitative estimate of drug-likeness (QED) is 0.868. The van der Waals surface area contributed by atoms with Crippen molar-refractivity contribution in [1.29, 1.82) is 0 Å². The molecule has 0 atom stereocenters. The minimum atomic E-state index is -1.31. The molecule has 1 N–H and O–H groups in total. The van der Waals surface area contributed by atoms with Gasteiger partial charge in [0.15, 0.2) is 0 Å². The molecule has 2 rings (SSSR count). The van der Waals surface area contributed by atoms with E-state index in [1.807, 2.05) is 0 Å². The van der Waals surface area contributed by atoms with Gasteiger partial charge in [-0.05, 0) is 30.0 Å². The predicted molar refractivity (Wildman–Crippen MR) is 71.7 cm³/mol. The fourth-order valence-corrected chi connectivity index (χ4v) is 2.59. The molecule has 5 nitrogen and oxygen atoms in total. The summed E-state index contributed by atoms with van der Waals surface area (Å²) >= 11 is 6.36. The highest BCUT2D eigenvalue weighted by Gasteiger charge is 2.36. The third kappa shape index (κ3) is 2.83. The Morgan fingerprint density at radius 1 is 1.45 bits per heavy atom. The second kappa shape index (κ2) is 5.64. The van der Waals surface area contributed by atoms with Gasteiger partial charge in [-0.2, -0.15) is 0 Å². The number of carboxylic acids is 1. The summed E-state index contributed by atoms with van der Waals surface area (Å²) in [7, 11) is 0. The maximum absolute atomic E-state index is 13.6. The first-order chi connectivity index (χ1) is 9.40. The number of halogens is 2. The van der Waals surface area contributed by atoms with Crippen molar-refractivity contribution in [2.24, 2.45) is 0 Å². The van der Waals surface area contributed by atoms with Crippen LogP contribution in [0.4, 0.5) is 9.18 Å². The second-order valence-electron chi connectivity index (χ2n) is 3.80. The van der Waals surface area contributed by atoms with E-state index >= 15 is 0 Å². The van der Waals surface area contributed by atoms with Crippen LogP contribution in [0.5, 0.6) is 0 Å². The maximum Gasteiger partial charge on any atom is 0.323 e. The van der Waals surface area contributed by atoms with Crippen LogP contribution in [0.3, 0.4) is 0 Å². The van der Waals surface area contributed by atoms with Crippen molar-refractivity contribution in [3.63, 3.8) is 0 Å². The third-order valence-electron chi connectivity index (χ3n) is 2.44. The number of nitrogens with zero attached hydrogens (tertiary/aromatic N) is 1. The van der Waals surface area contributed by atoms with Gasteiger partial charge in [0, 0.05) is 5.56 Å². The summed E-state index contributed by atoms with van der Waals surface area (Å²) in [4.78, 5) is 34.5. The van der Waals surface area contributed by atoms with E-state index in [0.29, 0.717) is 16.7 Å². The number of hydrogen-bond donors (Lipinski definition) is 1. The minimum Gasteiger partial charge on any atom is -0.480 e. The van der Waals surface area contributed by atoms with Crippen LogP contribution in [-0.4, -0.2) is 33.7 Å². The SMILES string of the molecule is O=C(O)CN1C(=O)S/C(=C/c2c(F)cccc2Cl)C1=O. The van der Waals surface area contributed by atoms with Crippen LogP contribution in [0, 0.1) is 5.82 Å². The van der Waals surface area contributed by atoms with E-state index < -0.39 is 29.5 Å². The first-order valence-corrected chi connectivity index (χ1v) is 6.51. The monoisotopic (exact) mass is 315 g/mol. The Morgan fingerprint density at radius 2 is 2.15 bits per heavy atom. The van der Waals surface area contributed by atoms with Crippen molar-refractivity contribution in [2.45, 2.75) is 0 Å². The molecule has 0 aliphatic carbocycles. The lowest BCUT2D eigenvalue weighted by Crippen LogP contribution is -2.33. The van der Waals surface area contributed by atoms with Crippen LogP contribution in [0.2, 0.25) is 5.02 Å². The topological polar surface area (TPSA) is 74.7 Å². The lowest BCUT2D eigenvalue weighted by Gasteiger charge is -2.07. The molecule has 1 fully saturated rings. The summed E-state index contributed by atoms with van der Waals surface area (Å²) in [5, 5.41) is 8.00. The Labute approximate surface area is 122 Å². The smallest absolute Gasteiger partial charge is 0.323 e. The van der Waals surface area contributed by atoms with Gasteiger partial charge < -0.3 is 5.11 Å². The summed E-state index contributed by atoms with van der Waals surface area (Å²) in [6.45, 7) is -0.729. The molecule has 1 saturated heterocycles. The molecule has 0 spiro atoms. The summed E-state index contributed by atoms with van der Waals surface area (Å²) in [6.07, 6.45) is 1.14. The first-order valence-electron chi connectivity index (χ1n) is 5.31.